The molecule has 1 heterocycles. The molecule has 1 N–H and O–H groups in total. The lowest BCUT2D eigenvalue weighted by Crippen LogP contribution is -2.08. The lowest BCUT2D eigenvalue weighted by molar-refractivity contribution is -0.132. The number of rotatable bonds is 6. The Morgan fingerprint density at radius 3 is 2.44 bits per heavy atom. The summed E-state index contributed by atoms with van der Waals surface area (Å²) < 4.78 is 35.9. The van der Waals surface area contributed by atoms with Crippen LogP contribution in [0.25, 0.3) is 6.08 Å². The summed E-state index contributed by atoms with van der Waals surface area (Å²) in [5.74, 6) is -0.0767. The van der Waals surface area contributed by atoms with Crippen LogP contribution < -0.4 is 9.47 Å². The molecule has 2 aromatic carbocycles. The Balaban J connectivity index is 1.82. The average Bonchev–Trinajstić information content (AvgIpc) is 2.77. The van der Waals surface area contributed by atoms with E-state index in [1.165, 1.54) is 12.1 Å². The summed E-state index contributed by atoms with van der Waals surface area (Å²) in [5.41, 5.74) is 1.35. The molecule has 142 valence electrons. The van der Waals surface area contributed by atoms with Gasteiger partial charge < -0.3 is 14.6 Å². The minimum absolute atomic E-state index is 0.0191. The van der Waals surface area contributed by atoms with Gasteiger partial charge in [-0.3, -0.25) is 0 Å². The monoisotopic (exact) mass is 388 g/mol. The molecule has 0 unspecified atom stereocenters. The van der Waals surface area contributed by atoms with Gasteiger partial charge in [-0.15, -0.1) is 0 Å². The van der Waals surface area contributed by atoms with Crippen molar-refractivity contribution in [1.29, 1.82) is 0 Å². The molecule has 0 saturated carbocycles. The van der Waals surface area contributed by atoms with Crippen molar-refractivity contribution in [1.82, 2.24) is 0 Å². The Kier molecular flexibility index (Phi) is 5.51. The molecule has 0 saturated heterocycles. The van der Waals surface area contributed by atoms with Crippen molar-refractivity contribution in [2.75, 3.05) is 12.4 Å². The van der Waals surface area contributed by atoms with E-state index in [0.29, 0.717) is 24.5 Å². The number of fused-ring (bicyclic) bond motifs is 1. The fourth-order valence-electron chi connectivity index (χ4n) is 2.81. The molecular weight excluding hydrogens is 368 g/mol. The third-order valence-electron chi connectivity index (χ3n) is 4.20. The topological polar surface area (TPSA) is 89.9 Å². The Bertz CT molecular complexity index is 974. The van der Waals surface area contributed by atoms with E-state index in [9.17, 15) is 18.3 Å². The summed E-state index contributed by atoms with van der Waals surface area (Å²) in [6, 6.07) is 12.1. The fourth-order valence-corrected chi connectivity index (χ4v) is 4.27. The van der Waals surface area contributed by atoms with Gasteiger partial charge >= 0.3 is 5.97 Å². The normalized spacial score (nSPS) is 15.2. The third-order valence-corrected chi connectivity index (χ3v) is 5.98. The van der Waals surface area contributed by atoms with Crippen LogP contribution >= 0.6 is 0 Å². The van der Waals surface area contributed by atoms with Crippen molar-refractivity contribution in [2.24, 2.45) is 0 Å². The highest BCUT2D eigenvalue weighted by Crippen LogP contribution is 2.30. The zero-order chi connectivity index (χ0) is 19.4. The molecule has 0 radical (unpaired) electrons. The summed E-state index contributed by atoms with van der Waals surface area (Å²) in [4.78, 5) is 11.4. The van der Waals surface area contributed by atoms with E-state index in [0.717, 1.165) is 11.3 Å². The zero-order valence-corrected chi connectivity index (χ0v) is 15.7. The van der Waals surface area contributed by atoms with Crippen molar-refractivity contribution in [2.45, 2.75) is 24.8 Å². The van der Waals surface area contributed by atoms with Gasteiger partial charge in [0.2, 0.25) is 0 Å². The molecule has 0 spiro atoms. The highest BCUT2D eigenvalue weighted by atomic mass is 32.2. The lowest BCUT2D eigenvalue weighted by Gasteiger charge is -2.10. The van der Waals surface area contributed by atoms with Gasteiger partial charge in [0, 0.05) is 5.57 Å². The van der Waals surface area contributed by atoms with E-state index < -0.39 is 15.8 Å². The molecule has 1 aliphatic heterocycles. The van der Waals surface area contributed by atoms with Gasteiger partial charge in [-0.2, -0.15) is 0 Å². The first-order valence-electron chi connectivity index (χ1n) is 8.54. The first-order valence-corrected chi connectivity index (χ1v) is 10.2. The third kappa shape index (κ3) is 4.49. The van der Waals surface area contributed by atoms with Crippen molar-refractivity contribution in [3.63, 3.8) is 0 Å². The Morgan fingerprint density at radius 1 is 1.07 bits per heavy atom. The number of benzene rings is 2. The predicted molar refractivity (Wildman–Crippen MR) is 101 cm³/mol. The summed E-state index contributed by atoms with van der Waals surface area (Å²) in [5, 5.41) is 9.24. The molecule has 1 aliphatic rings. The van der Waals surface area contributed by atoms with Gasteiger partial charge in [0.05, 0.1) is 17.3 Å². The molecule has 0 aliphatic carbocycles. The largest absolute Gasteiger partial charge is 0.494 e. The Morgan fingerprint density at radius 2 is 1.78 bits per heavy atom. The SMILES string of the molecule is CCOc1ccc(COc2ccc3c(c2)C=C(C(=O)O)CCS3(=O)=O)cc1. The van der Waals surface area contributed by atoms with Crippen LogP contribution in [-0.4, -0.2) is 31.9 Å². The fraction of sp³-hybridized carbons (Fsp3) is 0.250. The van der Waals surface area contributed by atoms with Crippen LogP contribution in [0.5, 0.6) is 11.5 Å². The minimum Gasteiger partial charge on any atom is -0.494 e. The molecule has 3 rings (SSSR count). The Hall–Kier alpha value is -2.80. The molecule has 0 fully saturated rings. The summed E-state index contributed by atoms with van der Waals surface area (Å²) in [7, 11) is -3.52. The molecule has 0 amide bonds. The predicted octanol–water partition coefficient (Wildman–Crippen LogP) is 3.31. The second kappa shape index (κ2) is 7.84. The van der Waals surface area contributed by atoms with Crippen LogP contribution in [-0.2, 0) is 21.2 Å². The first-order chi connectivity index (χ1) is 12.9. The van der Waals surface area contributed by atoms with Crippen LogP contribution in [0.15, 0.2) is 52.9 Å². The van der Waals surface area contributed by atoms with Gasteiger partial charge in [0.1, 0.15) is 18.1 Å². The number of aliphatic carboxylic acids is 1. The van der Waals surface area contributed by atoms with Gasteiger partial charge in [-0.25, -0.2) is 13.2 Å². The molecule has 27 heavy (non-hydrogen) atoms. The second-order valence-electron chi connectivity index (χ2n) is 6.11. The summed E-state index contributed by atoms with van der Waals surface area (Å²) >= 11 is 0. The molecule has 0 aromatic heterocycles. The van der Waals surface area contributed by atoms with Crippen molar-refractivity contribution in [3.05, 3.63) is 59.2 Å². The molecule has 2 aromatic rings. The van der Waals surface area contributed by atoms with Crippen LogP contribution in [0.1, 0.15) is 24.5 Å². The number of hydrogen-bond donors (Lipinski definition) is 1. The van der Waals surface area contributed by atoms with E-state index in [1.54, 1.807) is 12.1 Å². The van der Waals surface area contributed by atoms with Gasteiger partial charge in [0.25, 0.3) is 0 Å². The Labute approximate surface area is 158 Å². The molecular formula is C20H20O6S. The van der Waals surface area contributed by atoms with Crippen LogP contribution in [0, 0.1) is 0 Å². The molecule has 0 atom stereocenters. The van der Waals surface area contributed by atoms with Crippen LogP contribution in [0.2, 0.25) is 0 Å². The van der Waals surface area contributed by atoms with E-state index in [2.05, 4.69) is 0 Å². The van der Waals surface area contributed by atoms with E-state index in [1.807, 2.05) is 31.2 Å². The van der Waals surface area contributed by atoms with Crippen molar-refractivity contribution >= 4 is 21.9 Å². The standard InChI is InChI=1S/C20H20O6S/c1-2-25-17-5-3-14(4-6-17)13-26-18-7-8-19-16(12-18)11-15(20(21)22)9-10-27(19,23)24/h3-8,11-12H,2,9-10,13H2,1H3,(H,21,22). The highest BCUT2D eigenvalue weighted by molar-refractivity contribution is 7.91. The molecule has 0 bridgehead atoms. The number of hydrogen-bond acceptors (Lipinski definition) is 5. The maximum atomic E-state index is 12.4. The van der Waals surface area contributed by atoms with Crippen LogP contribution in [0.3, 0.4) is 0 Å². The first kappa shape index (κ1) is 19.0. The van der Waals surface area contributed by atoms with Gasteiger partial charge in [-0.1, -0.05) is 12.1 Å². The number of ether oxygens (including phenoxy) is 2. The summed E-state index contributed by atoms with van der Waals surface area (Å²) in [6.45, 7) is 2.81. The number of carbonyl (C=O) groups is 1. The van der Waals surface area contributed by atoms with Crippen molar-refractivity contribution in [3.8, 4) is 11.5 Å². The number of carboxylic acid groups (broad SMARTS) is 1. The molecule has 7 heteroatoms. The highest BCUT2D eigenvalue weighted by Gasteiger charge is 2.24. The minimum atomic E-state index is -3.52. The maximum Gasteiger partial charge on any atom is 0.331 e. The van der Waals surface area contributed by atoms with E-state index in [-0.39, 0.29) is 22.6 Å². The zero-order valence-electron chi connectivity index (χ0n) is 14.8. The second-order valence-corrected chi connectivity index (χ2v) is 8.19. The summed E-state index contributed by atoms with van der Waals surface area (Å²) in [6.07, 6.45) is 1.39. The number of carboxylic acids is 1. The van der Waals surface area contributed by atoms with Gasteiger partial charge in [-0.05, 0) is 60.9 Å². The lowest BCUT2D eigenvalue weighted by atomic mass is 10.1. The molecule has 6 nitrogen and oxygen atoms in total. The number of sulfone groups is 1. The average molecular weight is 388 g/mol. The quantitative estimate of drug-likeness (QED) is 0.817. The van der Waals surface area contributed by atoms with E-state index in [4.69, 9.17) is 9.47 Å². The van der Waals surface area contributed by atoms with Crippen molar-refractivity contribution < 1.29 is 27.8 Å². The smallest absolute Gasteiger partial charge is 0.331 e. The maximum absolute atomic E-state index is 12.4. The van der Waals surface area contributed by atoms with E-state index >= 15 is 0 Å². The van der Waals surface area contributed by atoms with Crippen LogP contribution in [0.4, 0.5) is 0 Å². The van der Waals surface area contributed by atoms with Gasteiger partial charge in [0.15, 0.2) is 9.84 Å².